The first-order chi connectivity index (χ1) is 13.9. The first-order valence-corrected chi connectivity index (χ1v) is 9.62. The molecule has 1 aromatic carbocycles. The summed E-state index contributed by atoms with van der Waals surface area (Å²) in [5.41, 5.74) is -3.25. The van der Waals surface area contributed by atoms with E-state index < -0.39 is 35.0 Å². The molecule has 2 aromatic rings. The van der Waals surface area contributed by atoms with E-state index in [1.165, 1.54) is 11.5 Å². The molecule has 1 aliphatic rings. The van der Waals surface area contributed by atoms with Gasteiger partial charge in [-0.1, -0.05) is 19.3 Å². The van der Waals surface area contributed by atoms with Crippen molar-refractivity contribution in [2.24, 2.45) is 5.92 Å². The molecule has 0 atom stereocenters. The van der Waals surface area contributed by atoms with Gasteiger partial charge in [0, 0.05) is 23.5 Å². The number of halogens is 6. The average molecular weight is 433 g/mol. The lowest BCUT2D eigenvalue weighted by molar-refractivity contribution is -0.141. The Morgan fingerprint density at radius 3 is 2.20 bits per heavy atom. The molecule has 3 rings (SSSR count). The smallest absolute Gasteiger partial charge is 0.417 e. The van der Waals surface area contributed by atoms with E-state index in [9.17, 15) is 36.2 Å². The van der Waals surface area contributed by atoms with E-state index in [-0.39, 0.29) is 29.4 Å². The zero-order valence-corrected chi connectivity index (χ0v) is 16.2. The fourth-order valence-corrected chi connectivity index (χ4v) is 4.13. The average Bonchev–Trinajstić information content (AvgIpc) is 2.97. The molecular weight excluding hydrogens is 412 g/mol. The minimum atomic E-state index is -4.89. The van der Waals surface area contributed by atoms with Crippen LogP contribution in [0.3, 0.4) is 0 Å². The van der Waals surface area contributed by atoms with E-state index >= 15 is 0 Å². The number of hydrogen-bond donors (Lipinski definition) is 1. The van der Waals surface area contributed by atoms with Gasteiger partial charge in [-0.15, -0.1) is 0 Å². The minimum Gasteiger partial charge on any atom is -0.478 e. The maximum atomic E-state index is 13.6. The molecule has 1 N–H and O–H groups in total. The Labute approximate surface area is 169 Å². The van der Waals surface area contributed by atoms with Gasteiger partial charge in [0.05, 0.1) is 16.7 Å². The molecule has 1 aromatic heterocycles. The molecule has 0 amide bonds. The van der Waals surface area contributed by atoms with Gasteiger partial charge in [-0.25, -0.2) is 4.79 Å². The van der Waals surface area contributed by atoms with Crippen LogP contribution in [0.4, 0.5) is 26.3 Å². The van der Waals surface area contributed by atoms with Crippen molar-refractivity contribution in [3.63, 3.8) is 0 Å². The van der Waals surface area contributed by atoms with Crippen LogP contribution in [0.5, 0.6) is 0 Å². The Morgan fingerprint density at radius 2 is 1.67 bits per heavy atom. The predicted octanol–water partition coefficient (Wildman–Crippen LogP) is 6.78. The lowest BCUT2D eigenvalue weighted by Gasteiger charge is -2.25. The van der Waals surface area contributed by atoms with E-state index in [1.807, 2.05) is 0 Å². The zero-order chi connectivity index (χ0) is 22.3. The number of carboxylic acid groups (broad SMARTS) is 1. The van der Waals surface area contributed by atoms with Crippen molar-refractivity contribution < 1.29 is 36.2 Å². The number of rotatable bonds is 4. The zero-order valence-electron chi connectivity index (χ0n) is 16.2. The molecule has 1 aliphatic carbocycles. The van der Waals surface area contributed by atoms with Crippen molar-refractivity contribution in [1.82, 2.24) is 4.57 Å². The molecule has 164 valence electrons. The lowest BCUT2D eigenvalue weighted by Crippen LogP contribution is -2.17. The quantitative estimate of drug-likeness (QED) is 0.540. The molecule has 0 radical (unpaired) electrons. The number of alkyl halides is 6. The van der Waals surface area contributed by atoms with Crippen LogP contribution in [-0.4, -0.2) is 15.6 Å². The Morgan fingerprint density at radius 1 is 1.03 bits per heavy atom. The van der Waals surface area contributed by atoms with Crippen molar-refractivity contribution in [2.45, 2.75) is 57.9 Å². The normalized spacial score (nSPS) is 16.1. The van der Waals surface area contributed by atoms with Gasteiger partial charge in [0.15, 0.2) is 0 Å². The van der Waals surface area contributed by atoms with Crippen molar-refractivity contribution in [2.75, 3.05) is 0 Å². The number of carboxylic acids is 1. The minimum absolute atomic E-state index is 0.130. The summed E-state index contributed by atoms with van der Waals surface area (Å²) in [7, 11) is 0. The maximum Gasteiger partial charge on any atom is 0.417 e. The van der Waals surface area contributed by atoms with Gasteiger partial charge in [0.1, 0.15) is 0 Å². The standard InChI is InChI=1S/C21H21F6NO2/c1-12-15(19(29)30)10-18(28(12)11-13-5-3-2-4-6-13)16-9-14(20(22,23)24)7-8-17(16)21(25,26)27/h7-10,13H,2-6,11H2,1H3,(H,29,30). The van der Waals surface area contributed by atoms with Crippen molar-refractivity contribution in [3.05, 3.63) is 46.6 Å². The lowest BCUT2D eigenvalue weighted by atomic mass is 9.89. The van der Waals surface area contributed by atoms with E-state index in [4.69, 9.17) is 0 Å². The largest absolute Gasteiger partial charge is 0.478 e. The van der Waals surface area contributed by atoms with Crippen LogP contribution in [0.15, 0.2) is 24.3 Å². The summed E-state index contributed by atoms with van der Waals surface area (Å²) in [5.74, 6) is -1.21. The molecule has 1 fully saturated rings. The molecule has 0 saturated heterocycles. The summed E-state index contributed by atoms with van der Waals surface area (Å²) in [4.78, 5) is 11.6. The molecule has 1 saturated carbocycles. The predicted molar refractivity (Wildman–Crippen MR) is 98.1 cm³/mol. The molecule has 0 aliphatic heterocycles. The number of carbonyl (C=O) groups is 1. The summed E-state index contributed by atoms with van der Waals surface area (Å²) in [6.45, 7) is 1.73. The first kappa shape index (κ1) is 22.2. The van der Waals surface area contributed by atoms with E-state index in [1.54, 1.807) is 0 Å². The number of aromatic carboxylic acids is 1. The second-order valence-electron chi connectivity index (χ2n) is 7.70. The number of benzene rings is 1. The molecule has 30 heavy (non-hydrogen) atoms. The number of aromatic nitrogens is 1. The Hall–Kier alpha value is -2.45. The fourth-order valence-electron chi connectivity index (χ4n) is 4.13. The monoisotopic (exact) mass is 433 g/mol. The number of hydrogen-bond acceptors (Lipinski definition) is 1. The highest BCUT2D eigenvalue weighted by molar-refractivity contribution is 5.91. The SMILES string of the molecule is Cc1c(C(=O)O)cc(-c2cc(C(F)(F)F)ccc2C(F)(F)F)n1CC1CCCCC1. The molecule has 1 heterocycles. The second kappa shape index (κ2) is 8.00. The van der Waals surface area contributed by atoms with Gasteiger partial charge >= 0.3 is 18.3 Å². The van der Waals surface area contributed by atoms with Crippen LogP contribution in [0.25, 0.3) is 11.3 Å². The topological polar surface area (TPSA) is 42.2 Å². The third-order valence-electron chi connectivity index (χ3n) is 5.69. The third-order valence-corrected chi connectivity index (χ3v) is 5.69. The van der Waals surface area contributed by atoms with Crippen molar-refractivity contribution in [1.29, 1.82) is 0 Å². The molecule has 0 spiro atoms. The van der Waals surface area contributed by atoms with Gasteiger partial charge in [-0.3, -0.25) is 0 Å². The van der Waals surface area contributed by atoms with Crippen LogP contribution in [-0.2, 0) is 18.9 Å². The third kappa shape index (κ3) is 4.49. The van der Waals surface area contributed by atoms with Crippen LogP contribution in [0.1, 0.15) is 59.3 Å². The molecule has 9 heteroatoms. The van der Waals surface area contributed by atoms with Crippen LogP contribution in [0.2, 0.25) is 0 Å². The summed E-state index contributed by atoms with van der Waals surface area (Å²) >= 11 is 0. The van der Waals surface area contributed by atoms with Crippen molar-refractivity contribution >= 4 is 5.97 Å². The molecule has 3 nitrogen and oxygen atoms in total. The van der Waals surface area contributed by atoms with E-state index in [2.05, 4.69) is 0 Å². The highest BCUT2D eigenvalue weighted by Crippen LogP contribution is 2.42. The van der Waals surface area contributed by atoms with Crippen molar-refractivity contribution in [3.8, 4) is 11.3 Å². The van der Waals surface area contributed by atoms with Crippen LogP contribution >= 0.6 is 0 Å². The molecule has 0 bridgehead atoms. The molecular formula is C21H21F6NO2. The van der Waals surface area contributed by atoms with Gasteiger partial charge in [-0.05, 0) is 49.9 Å². The maximum absolute atomic E-state index is 13.6. The van der Waals surface area contributed by atoms with Crippen LogP contribution < -0.4 is 0 Å². The highest BCUT2D eigenvalue weighted by Gasteiger charge is 2.38. The highest BCUT2D eigenvalue weighted by atomic mass is 19.4. The fraction of sp³-hybridized carbons (Fsp3) is 0.476. The van der Waals surface area contributed by atoms with Gasteiger partial charge < -0.3 is 9.67 Å². The molecule has 0 unspecified atom stereocenters. The summed E-state index contributed by atoms with van der Waals surface area (Å²) < 4.78 is 81.9. The van der Waals surface area contributed by atoms with Crippen LogP contribution in [0, 0.1) is 12.8 Å². The number of nitrogens with zero attached hydrogens (tertiary/aromatic N) is 1. The summed E-state index contributed by atoms with van der Waals surface area (Å²) in [5, 5.41) is 9.45. The Balaban J connectivity index is 2.22. The Kier molecular flexibility index (Phi) is 5.93. The van der Waals surface area contributed by atoms with Gasteiger partial charge in [-0.2, -0.15) is 26.3 Å². The van der Waals surface area contributed by atoms with E-state index in [0.717, 1.165) is 38.2 Å². The van der Waals surface area contributed by atoms with Gasteiger partial charge in [0.25, 0.3) is 0 Å². The Bertz CT molecular complexity index is 936. The summed E-state index contributed by atoms with van der Waals surface area (Å²) in [6.07, 6.45) is -5.06. The van der Waals surface area contributed by atoms with Gasteiger partial charge in [0.2, 0.25) is 0 Å². The first-order valence-electron chi connectivity index (χ1n) is 9.62. The summed E-state index contributed by atoms with van der Waals surface area (Å²) in [6, 6.07) is 2.31. The second-order valence-corrected chi connectivity index (χ2v) is 7.70. The van der Waals surface area contributed by atoms with E-state index in [0.29, 0.717) is 18.2 Å².